The van der Waals surface area contributed by atoms with E-state index in [1.807, 2.05) is 32.0 Å². The van der Waals surface area contributed by atoms with Gasteiger partial charge in [-0.1, -0.05) is 12.1 Å². The van der Waals surface area contributed by atoms with Gasteiger partial charge in [0, 0.05) is 6.54 Å². The van der Waals surface area contributed by atoms with Crippen molar-refractivity contribution in [3.05, 3.63) is 35.4 Å². The van der Waals surface area contributed by atoms with E-state index in [1.165, 1.54) is 0 Å². The van der Waals surface area contributed by atoms with Crippen LogP contribution in [-0.4, -0.2) is 25.0 Å². The van der Waals surface area contributed by atoms with Crippen LogP contribution < -0.4 is 5.32 Å². The first-order chi connectivity index (χ1) is 8.59. The van der Waals surface area contributed by atoms with Crippen molar-refractivity contribution < 1.29 is 9.47 Å². The molecule has 4 heteroatoms. The molecule has 0 amide bonds. The average molecular weight is 246 g/mol. The third-order valence-electron chi connectivity index (χ3n) is 2.92. The standard InChI is InChI=1S/C14H18N2O2/c1-14(2)17-9-13(10-18-14)16-8-12-5-3-4-11(6-12)7-15/h3-6,13,16H,8-10H2,1-2H3. The van der Waals surface area contributed by atoms with Crippen molar-refractivity contribution in [2.24, 2.45) is 0 Å². The molecule has 0 radical (unpaired) electrons. The Bertz CT molecular complexity index is 441. The van der Waals surface area contributed by atoms with E-state index in [9.17, 15) is 0 Å². The second-order valence-electron chi connectivity index (χ2n) is 4.91. The highest BCUT2D eigenvalue weighted by Crippen LogP contribution is 2.17. The van der Waals surface area contributed by atoms with Gasteiger partial charge in [-0.3, -0.25) is 0 Å². The van der Waals surface area contributed by atoms with Crippen LogP contribution in [0.3, 0.4) is 0 Å². The molecule has 2 rings (SSSR count). The van der Waals surface area contributed by atoms with Crippen molar-refractivity contribution in [2.45, 2.75) is 32.2 Å². The topological polar surface area (TPSA) is 54.3 Å². The summed E-state index contributed by atoms with van der Waals surface area (Å²) in [6.07, 6.45) is 0. The number of rotatable bonds is 3. The molecule has 0 unspecified atom stereocenters. The lowest BCUT2D eigenvalue weighted by molar-refractivity contribution is -0.253. The van der Waals surface area contributed by atoms with Crippen LogP contribution in [0.4, 0.5) is 0 Å². The van der Waals surface area contributed by atoms with Crippen LogP contribution in [0.15, 0.2) is 24.3 Å². The number of benzene rings is 1. The molecule has 96 valence electrons. The van der Waals surface area contributed by atoms with Crippen molar-refractivity contribution in [3.63, 3.8) is 0 Å². The highest BCUT2D eigenvalue weighted by atomic mass is 16.7. The zero-order valence-electron chi connectivity index (χ0n) is 10.8. The summed E-state index contributed by atoms with van der Waals surface area (Å²) in [4.78, 5) is 0. The number of nitrogens with one attached hydrogen (secondary N) is 1. The number of nitrogens with zero attached hydrogens (tertiary/aromatic N) is 1. The second-order valence-corrected chi connectivity index (χ2v) is 4.91. The van der Waals surface area contributed by atoms with Crippen LogP contribution in [0.2, 0.25) is 0 Å². The van der Waals surface area contributed by atoms with E-state index in [0.29, 0.717) is 25.3 Å². The molecule has 0 aromatic heterocycles. The van der Waals surface area contributed by atoms with Gasteiger partial charge in [0.25, 0.3) is 0 Å². The molecule has 1 fully saturated rings. The molecule has 1 aromatic rings. The third kappa shape index (κ3) is 3.54. The number of ether oxygens (including phenoxy) is 2. The molecule has 1 aromatic carbocycles. The molecule has 1 aliphatic rings. The zero-order chi connectivity index (χ0) is 13.0. The minimum Gasteiger partial charge on any atom is -0.349 e. The number of hydrogen-bond acceptors (Lipinski definition) is 4. The van der Waals surface area contributed by atoms with Gasteiger partial charge >= 0.3 is 0 Å². The van der Waals surface area contributed by atoms with Crippen LogP contribution in [0.1, 0.15) is 25.0 Å². The first-order valence-electron chi connectivity index (χ1n) is 6.09. The molecule has 0 saturated carbocycles. The molecule has 1 saturated heterocycles. The van der Waals surface area contributed by atoms with Gasteiger partial charge in [-0.25, -0.2) is 0 Å². The highest BCUT2D eigenvalue weighted by Gasteiger charge is 2.27. The molecule has 0 spiro atoms. The molecular formula is C14H18N2O2. The normalized spacial score (nSPS) is 19.4. The lowest BCUT2D eigenvalue weighted by atomic mass is 10.1. The lowest BCUT2D eigenvalue weighted by Crippen LogP contribution is -2.48. The van der Waals surface area contributed by atoms with Gasteiger partial charge in [0.15, 0.2) is 5.79 Å². The second kappa shape index (κ2) is 5.49. The SMILES string of the molecule is CC1(C)OCC(NCc2cccc(C#N)c2)CO1. The van der Waals surface area contributed by atoms with E-state index in [2.05, 4.69) is 11.4 Å². The van der Waals surface area contributed by atoms with Crippen LogP contribution in [0.5, 0.6) is 0 Å². The van der Waals surface area contributed by atoms with Crippen molar-refractivity contribution in [1.29, 1.82) is 5.26 Å². The first-order valence-corrected chi connectivity index (χ1v) is 6.09. The van der Waals surface area contributed by atoms with E-state index >= 15 is 0 Å². The van der Waals surface area contributed by atoms with E-state index in [4.69, 9.17) is 14.7 Å². The summed E-state index contributed by atoms with van der Waals surface area (Å²) in [7, 11) is 0. The minimum atomic E-state index is -0.473. The summed E-state index contributed by atoms with van der Waals surface area (Å²) in [5, 5.41) is 12.2. The van der Waals surface area contributed by atoms with E-state index in [0.717, 1.165) is 5.56 Å². The maximum absolute atomic E-state index is 8.83. The van der Waals surface area contributed by atoms with Crippen molar-refractivity contribution in [1.82, 2.24) is 5.32 Å². The van der Waals surface area contributed by atoms with Gasteiger partial charge in [0.2, 0.25) is 0 Å². The molecular weight excluding hydrogens is 228 g/mol. The minimum absolute atomic E-state index is 0.198. The van der Waals surface area contributed by atoms with Gasteiger partial charge in [-0.15, -0.1) is 0 Å². The molecule has 18 heavy (non-hydrogen) atoms. The summed E-state index contributed by atoms with van der Waals surface area (Å²) in [6, 6.07) is 9.93. The predicted molar refractivity (Wildman–Crippen MR) is 67.8 cm³/mol. The van der Waals surface area contributed by atoms with Gasteiger partial charge in [-0.05, 0) is 31.5 Å². The summed E-state index contributed by atoms with van der Waals surface area (Å²) < 4.78 is 11.1. The molecule has 1 N–H and O–H groups in total. The Hall–Kier alpha value is -1.41. The van der Waals surface area contributed by atoms with Crippen LogP contribution in [0.25, 0.3) is 0 Å². The fourth-order valence-electron chi connectivity index (χ4n) is 1.82. The maximum atomic E-state index is 8.83. The van der Waals surface area contributed by atoms with Gasteiger partial charge in [-0.2, -0.15) is 5.26 Å². The van der Waals surface area contributed by atoms with Crippen molar-refractivity contribution in [2.75, 3.05) is 13.2 Å². The Morgan fingerprint density at radius 2 is 2.11 bits per heavy atom. The molecule has 1 heterocycles. The summed E-state index contributed by atoms with van der Waals surface area (Å²) in [5.74, 6) is -0.473. The van der Waals surface area contributed by atoms with E-state index in [-0.39, 0.29) is 6.04 Å². The maximum Gasteiger partial charge on any atom is 0.162 e. The fourth-order valence-corrected chi connectivity index (χ4v) is 1.82. The van der Waals surface area contributed by atoms with E-state index < -0.39 is 5.79 Å². The van der Waals surface area contributed by atoms with Crippen LogP contribution in [-0.2, 0) is 16.0 Å². The smallest absolute Gasteiger partial charge is 0.162 e. The molecule has 0 atom stereocenters. The predicted octanol–water partition coefficient (Wildman–Crippen LogP) is 1.80. The summed E-state index contributed by atoms with van der Waals surface area (Å²) >= 11 is 0. The Kier molecular flexibility index (Phi) is 3.97. The first kappa shape index (κ1) is 13.0. The monoisotopic (exact) mass is 246 g/mol. The van der Waals surface area contributed by atoms with E-state index in [1.54, 1.807) is 6.07 Å². The van der Waals surface area contributed by atoms with Crippen molar-refractivity contribution >= 4 is 0 Å². The molecule has 0 bridgehead atoms. The van der Waals surface area contributed by atoms with Crippen LogP contribution >= 0.6 is 0 Å². The molecule has 0 aliphatic carbocycles. The van der Waals surface area contributed by atoms with Crippen molar-refractivity contribution in [3.8, 4) is 6.07 Å². The number of hydrogen-bond donors (Lipinski definition) is 1. The molecule has 1 aliphatic heterocycles. The Morgan fingerprint density at radius 3 is 2.78 bits per heavy atom. The van der Waals surface area contributed by atoms with Gasteiger partial charge < -0.3 is 14.8 Å². The largest absolute Gasteiger partial charge is 0.349 e. The Labute approximate surface area is 108 Å². The lowest BCUT2D eigenvalue weighted by Gasteiger charge is -2.35. The highest BCUT2D eigenvalue weighted by molar-refractivity contribution is 5.32. The number of nitriles is 1. The summed E-state index contributed by atoms with van der Waals surface area (Å²) in [6.45, 7) is 5.84. The third-order valence-corrected chi connectivity index (χ3v) is 2.92. The average Bonchev–Trinajstić information content (AvgIpc) is 2.38. The fraction of sp³-hybridized carbons (Fsp3) is 0.500. The Morgan fingerprint density at radius 1 is 1.39 bits per heavy atom. The van der Waals surface area contributed by atoms with Gasteiger partial charge in [0.1, 0.15) is 0 Å². The Balaban J connectivity index is 1.83. The van der Waals surface area contributed by atoms with Crippen LogP contribution in [0, 0.1) is 11.3 Å². The zero-order valence-corrected chi connectivity index (χ0v) is 10.8. The van der Waals surface area contributed by atoms with Gasteiger partial charge in [0.05, 0.1) is 30.9 Å². The molecule has 4 nitrogen and oxygen atoms in total. The summed E-state index contributed by atoms with van der Waals surface area (Å²) in [5.41, 5.74) is 1.78. The quantitative estimate of drug-likeness (QED) is 0.883.